The van der Waals surface area contributed by atoms with E-state index in [4.69, 9.17) is 0 Å². The molecule has 1 amide bonds. The largest absolute Gasteiger partial charge is 0.340 e. The zero-order valence-corrected chi connectivity index (χ0v) is 15.7. The molecule has 2 aromatic rings. The fraction of sp³-hybridized carbons (Fsp3) is 0.500. The number of benzene rings is 1. The lowest BCUT2D eigenvalue weighted by atomic mass is 10.1. The topological polar surface area (TPSA) is 62.2 Å². The number of carbonyl (C=O) groups excluding carboxylic acids is 1. The van der Waals surface area contributed by atoms with E-state index in [1.807, 2.05) is 53.9 Å². The van der Waals surface area contributed by atoms with E-state index in [0.29, 0.717) is 12.6 Å². The predicted octanol–water partition coefficient (Wildman–Crippen LogP) is 2.09. The summed E-state index contributed by atoms with van der Waals surface area (Å²) in [6.07, 6.45) is 3.45. The standard InChI is InChI=1S/C20H27N5O/c1-13-17(14(2)25(23-13)16-7-5-4-6-8-16)12-24(3)20(26)19-11-18(21-22-19)15-9-10-15/h4-8,15,18-19,21-22H,9-12H2,1-3H3. The summed E-state index contributed by atoms with van der Waals surface area (Å²) in [4.78, 5) is 14.7. The van der Waals surface area contributed by atoms with E-state index in [2.05, 4.69) is 22.9 Å². The lowest BCUT2D eigenvalue weighted by Gasteiger charge is -2.21. The zero-order chi connectivity index (χ0) is 18.3. The Morgan fingerprint density at radius 3 is 2.65 bits per heavy atom. The zero-order valence-electron chi connectivity index (χ0n) is 15.7. The molecule has 2 fully saturated rings. The van der Waals surface area contributed by atoms with Gasteiger partial charge in [0.1, 0.15) is 6.04 Å². The summed E-state index contributed by atoms with van der Waals surface area (Å²) in [7, 11) is 1.88. The number of para-hydroxylation sites is 1. The number of aryl methyl sites for hydroxylation is 1. The highest BCUT2D eigenvalue weighted by molar-refractivity contribution is 5.82. The molecule has 1 aromatic carbocycles. The Hall–Kier alpha value is -2.18. The first-order valence-electron chi connectivity index (χ1n) is 9.41. The van der Waals surface area contributed by atoms with Crippen LogP contribution in [0.25, 0.3) is 5.69 Å². The van der Waals surface area contributed by atoms with Gasteiger partial charge in [-0.3, -0.25) is 10.2 Å². The quantitative estimate of drug-likeness (QED) is 0.864. The van der Waals surface area contributed by atoms with E-state index >= 15 is 0 Å². The van der Waals surface area contributed by atoms with E-state index in [0.717, 1.165) is 35.0 Å². The molecule has 0 radical (unpaired) electrons. The smallest absolute Gasteiger partial charge is 0.241 e. The van der Waals surface area contributed by atoms with Gasteiger partial charge < -0.3 is 4.90 Å². The Bertz CT molecular complexity index is 796. The summed E-state index contributed by atoms with van der Waals surface area (Å²) in [5.74, 6) is 0.895. The van der Waals surface area contributed by atoms with Crippen LogP contribution >= 0.6 is 0 Å². The highest BCUT2D eigenvalue weighted by Crippen LogP contribution is 2.35. The summed E-state index contributed by atoms with van der Waals surface area (Å²) in [6, 6.07) is 10.4. The molecule has 0 spiro atoms. The lowest BCUT2D eigenvalue weighted by Crippen LogP contribution is -2.44. The Morgan fingerprint density at radius 1 is 1.23 bits per heavy atom. The highest BCUT2D eigenvalue weighted by atomic mass is 16.2. The number of likely N-dealkylation sites (N-methyl/N-ethyl adjacent to an activating group) is 1. The van der Waals surface area contributed by atoms with E-state index in [-0.39, 0.29) is 11.9 Å². The SMILES string of the molecule is Cc1nn(-c2ccccc2)c(C)c1CN(C)C(=O)C1CC(C2CC2)NN1. The molecule has 1 aliphatic heterocycles. The number of nitrogens with one attached hydrogen (secondary N) is 2. The number of rotatable bonds is 5. The number of hydrogen-bond acceptors (Lipinski definition) is 4. The number of hydrazine groups is 1. The van der Waals surface area contributed by atoms with Crippen LogP contribution in [-0.2, 0) is 11.3 Å². The van der Waals surface area contributed by atoms with Crippen LogP contribution in [0.15, 0.2) is 30.3 Å². The Balaban J connectivity index is 1.46. The average Bonchev–Trinajstić information content (AvgIpc) is 3.33. The molecule has 2 atom stereocenters. The average molecular weight is 353 g/mol. The van der Waals surface area contributed by atoms with Crippen LogP contribution < -0.4 is 10.9 Å². The molecule has 2 heterocycles. The van der Waals surface area contributed by atoms with Crippen molar-refractivity contribution in [3.63, 3.8) is 0 Å². The minimum absolute atomic E-state index is 0.129. The summed E-state index contributed by atoms with van der Waals surface area (Å²) >= 11 is 0. The van der Waals surface area contributed by atoms with Crippen molar-refractivity contribution in [3.05, 3.63) is 47.3 Å². The van der Waals surface area contributed by atoms with Crippen LogP contribution in [0.4, 0.5) is 0 Å². The molecule has 1 aromatic heterocycles. The maximum atomic E-state index is 12.8. The van der Waals surface area contributed by atoms with Crippen molar-refractivity contribution in [2.75, 3.05) is 7.05 Å². The predicted molar refractivity (Wildman–Crippen MR) is 101 cm³/mol. The van der Waals surface area contributed by atoms with Gasteiger partial charge >= 0.3 is 0 Å². The van der Waals surface area contributed by atoms with Gasteiger partial charge in [0.2, 0.25) is 5.91 Å². The van der Waals surface area contributed by atoms with Gasteiger partial charge in [-0.25, -0.2) is 10.1 Å². The minimum Gasteiger partial charge on any atom is -0.340 e. The third kappa shape index (κ3) is 3.27. The summed E-state index contributed by atoms with van der Waals surface area (Å²) in [5.41, 5.74) is 10.7. The van der Waals surface area contributed by atoms with Crippen molar-refractivity contribution < 1.29 is 4.79 Å². The fourth-order valence-corrected chi connectivity index (χ4v) is 3.86. The summed E-state index contributed by atoms with van der Waals surface area (Å²) in [6.45, 7) is 4.66. The molecule has 2 aliphatic rings. The van der Waals surface area contributed by atoms with E-state index in [9.17, 15) is 4.79 Å². The third-order valence-corrected chi connectivity index (χ3v) is 5.64. The van der Waals surface area contributed by atoms with Crippen LogP contribution in [-0.4, -0.2) is 39.7 Å². The van der Waals surface area contributed by atoms with Gasteiger partial charge in [0, 0.05) is 30.9 Å². The Labute approximate surface area is 154 Å². The van der Waals surface area contributed by atoms with Crippen LogP contribution in [0.1, 0.15) is 36.2 Å². The summed E-state index contributed by atoms with van der Waals surface area (Å²) in [5, 5.41) is 4.68. The molecule has 2 unspecified atom stereocenters. The molecule has 1 aliphatic carbocycles. The molecule has 0 bridgehead atoms. The normalized spacial score (nSPS) is 22.6. The van der Waals surface area contributed by atoms with E-state index in [1.54, 1.807) is 0 Å². The monoisotopic (exact) mass is 353 g/mol. The first-order valence-corrected chi connectivity index (χ1v) is 9.41. The number of amides is 1. The van der Waals surface area contributed by atoms with Gasteiger partial charge in [-0.1, -0.05) is 18.2 Å². The second kappa shape index (κ2) is 6.85. The van der Waals surface area contributed by atoms with Crippen molar-refractivity contribution >= 4 is 5.91 Å². The summed E-state index contributed by atoms with van der Waals surface area (Å²) < 4.78 is 1.96. The van der Waals surface area contributed by atoms with Crippen molar-refractivity contribution in [1.29, 1.82) is 0 Å². The van der Waals surface area contributed by atoms with Gasteiger partial charge in [0.05, 0.1) is 11.4 Å². The molecule has 138 valence electrons. The first kappa shape index (κ1) is 17.2. The lowest BCUT2D eigenvalue weighted by molar-refractivity contribution is -0.132. The number of nitrogens with zero attached hydrogens (tertiary/aromatic N) is 3. The van der Waals surface area contributed by atoms with Crippen molar-refractivity contribution in [3.8, 4) is 5.69 Å². The van der Waals surface area contributed by atoms with Gasteiger partial charge in [-0.2, -0.15) is 5.10 Å². The molecule has 26 heavy (non-hydrogen) atoms. The van der Waals surface area contributed by atoms with Crippen LogP contribution in [0.2, 0.25) is 0 Å². The minimum atomic E-state index is -0.129. The first-order chi connectivity index (χ1) is 12.5. The second-order valence-corrected chi connectivity index (χ2v) is 7.61. The van der Waals surface area contributed by atoms with Gasteiger partial charge in [-0.15, -0.1) is 0 Å². The van der Waals surface area contributed by atoms with E-state index < -0.39 is 0 Å². The van der Waals surface area contributed by atoms with Crippen LogP contribution in [0.5, 0.6) is 0 Å². The molecule has 4 rings (SSSR count). The second-order valence-electron chi connectivity index (χ2n) is 7.61. The van der Waals surface area contributed by atoms with Gasteiger partial charge in [0.25, 0.3) is 0 Å². The van der Waals surface area contributed by atoms with E-state index in [1.165, 1.54) is 12.8 Å². The molecular formula is C20H27N5O. The molecule has 6 nitrogen and oxygen atoms in total. The van der Waals surface area contributed by atoms with Crippen LogP contribution in [0.3, 0.4) is 0 Å². The maximum Gasteiger partial charge on any atom is 0.241 e. The van der Waals surface area contributed by atoms with Gasteiger partial charge in [0.15, 0.2) is 0 Å². The maximum absolute atomic E-state index is 12.8. The number of carbonyl (C=O) groups is 1. The molecule has 6 heteroatoms. The number of aromatic nitrogens is 2. The fourth-order valence-electron chi connectivity index (χ4n) is 3.86. The number of hydrogen-bond donors (Lipinski definition) is 2. The Kier molecular flexibility index (Phi) is 4.54. The van der Waals surface area contributed by atoms with Gasteiger partial charge in [-0.05, 0) is 51.2 Å². The Morgan fingerprint density at radius 2 is 1.96 bits per heavy atom. The highest BCUT2D eigenvalue weighted by Gasteiger charge is 2.39. The van der Waals surface area contributed by atoms with Crippen molar-refractivity contribution in [2.24, 2.45) is 5.92 Å². The molecule has 1 saturated carbocycles. The molecular weight excluding hydrogens is 326 g/mol. The third-order valence-electron chi connectivity index (χ3n) is 5.64. The van der Waals surface area contributed by atoms with Crippen molar-refractivity contribution in [1.82, 2.24) is 25.5 Å². The molecule has 1 saturated heterocycles. The molecule has 2 N–H and O–H groups in total. The van der Waals surface area contributed by atoms with Crippen molar-refractivity contribution in [2.45, 2.75) is 51.7 Å². The van der Waals surface area contributed by atoms with Crippen LogP contribution in [0, 0.1) is 19.8 Å².